The monoisotopic (exact) mass is 253 g/mol. The molecule has 8 heteroatoms. The fraction of sp³-hybridized carbons (Fsp3) is 0.429. The molecule has 5 N–H and O–H groups in total. The van der Waals surface area contributed by atoms with Crippen LogP contribution in [-0.2, 0) is 0 Å². The van der Waals surface area contributed by atoms with Gasteiger partial charge in [-0.15, -0.1) is 24.8 Å². The van der Waals surface area contributed by atoms with Crippen molar-refractivity contribution in [2.45, 2.75) is 13.0 Å². The van der Waals surface area contributed by atoms with Gasteiger partial charge in [0.2, 0.25) is 5.95 Å². The van der Waals surface area contributed by atoms with Crippen molar-refractivity contribution in [2.75, 3.05) is 22.9 Å². The van der Waals surface area contributed by atoms with Crippen LogP contribution in [0.15, 0.2) is 4.79 Å². The SMILES string of the molecule is CC1CNc2nc(N)[nH]c(=O)c2N1.Cl.Cl. The highest BCUT2D eigenvalue weighted by atomic mass is 35.5. The largest absolute Gasteiger partial charge is 0.373 e. The van der Waals surface area contributed by atoms with Crippen LogP contribution >= 0.6 is 24.8 Å². The minimum absolute atomic E-state index is 0. The summed E-state index contributed by atoms with van der Waals surface area (Å²) in [5, 5.41) is 6.05. The third kappa shape index (κ3) is 2.66. The second-order valence-electron chi connectivity index (χ2n) is 3.10. The van der Waals surface area contributed by atoms with Crippen LogP contribution in [0.5, 0.6) is 0 Å². The van der Waals surface area contributed by atoms with E-state index >= 15 is 0 Å². The quantitative estimate of drug-likeness (QED) is 0.538. The van der Waals surface area contributed by atoms with Gasteiger partial charge in [-0.05, 0) is 6.92 Å². The summed E-state index contributed by atoms with van der Waals surface area (Å²) in [6.07, 6.45) is 0. The molecule has 0 saturated carbocycles. The van der Waals surface area contributed by atoms with E-state index in [1.165, 1.54) is 0 Å². The van der Waals surface area contributed by atoms with Gasteiger partial charge in [-0.25, -0.2) is 0 Å². The van der Waals surface area contributed by atoms with Crippen molar-refractivity contribution in [3.63, 3.8) is 0 Å². The Morgan fingerprint density at radius 2 is 2.13 bits per heavy atom. The molecular weight excluding hydrogens is 241 g/mol. The van der Waals surface area contributed by atoms with E-state index in [1.54, 1.807) is 0 Å². The molecule has 1 aromatic heterocycles. The molecule has 0 bridgehead atoms. The van der Waals surface area contributed by atoms with Gasteiger partial charge in [0.05, 0.1) is 0 Å². The normalized spacial score (nSPS) is 17.3. The topological polar surface area (TPSA) is 95.8 Å². The van der Waals surface area contributed by atoms with E-state index < -0.39 is 0 Å². The molecule has 0 radical (unpaired) electrons. The fourth-order valence-corrected chi connectivity index (χ4v) is 1.30. The van der Waals surface area contributed by atoms with E-state index in [4.69, 9.17) is 5.73 Å². The van der Waals surface area contributed by atoms with Crippen molar-refractivity contribution < 1.29 is 0 Å². The molecule has 6 nitrogen and oxygen atoms in total. The lowest BCUT2D eigenvalue weighted by Crippen LogP contribution is -2.35. The molecule has 2 rings (SSSR count). The van der Waals surface area contributed by atoms with E-state index in [9.17, 15) is 4.79 Å². The lowest BCUT2D eigenvalue weighted by atomic mass is 10.2. The van der Waals surface area contributed by atoms with Crippen molar-refractivity contribution in [1.82, 2.24) is 9.97 Å². The summed E-state index contributed by atoms with van der Waals surface area (Å²) in [4.78, 5) is 17.7. The van der Waals surface area contributed by atoms with Crippen molar-refractivity contribution in [1.29, 1.82) is 0 Å². The Morgan fingerprint density at radius 3 is 2.80 bits per heavy atom. The highest BCUT2D eigenvalue weighted by Gasteiger charge is 2.17. The van der Waals surface area contributed by atoms with E-state index in [1.807, 2.05) is 6.92 Å². The molecule has 0 aliphatic carbocycles. The van der Waals surface area contributed by atoms with Gasteiger partial charge >= 0.3 is 0 Å². The number of H-pyrrole nitrogens is 1. The summed E-state index contributed by atoms with van der Waals surface area (Å²) in [6.45, 7) is 2.72. The average Bonchev–Trinajstić information content (AvgIpc) is 2.06. The zero-order chi connectivity index (χ0) is 9.42. The number of nitrogens with one attached hydrogen (secondary N) is 3. The molecule has 1 atom stereocenters. The molecular formula is C7H13Cl2N5O. The predicted octanol–water partition coefficient (Wildman–Crippen LogP) is 0.422. The second-order valence-corrected chi connectivity index (χ2v) is 3.10. The maximum absolute atomic E-state index is 11.4. The number of aromatic nitrogens is 2. The summed E-state index contributed by atoms with van der Waals surface area (Å²) >= 11 is 0. The summed E-state index contributed by atoms with van der Waals surface area (Å²) in [7, 11) is 0. The second kappa shape index (κ2) is 5.09. The summed E-state index contributed by atoms with van der Waals surface area (Å²) in [5.41, 5.74) is 5.61. The molecule has 0 aromatic carbocycles. The van der Waals surface area contributed by atoms with Gasteiger partial charge in [0.1, 0.15) is 5.69 Å². The van der Waals surface area contributed by atoms with Gasteiger partial charge in [0, 0.05) is 12.6 Å². The van der Waals surface area contributed by atoms with Crippen molar-refractivity contribution in [3.05, 3.63) is 10.4 Å². The number of halogens is 2. The number of hydrogen-bond acceptors (Lipinski definition) is 5. The van der Waals surface area contributed by atoms with Gasteiger partial charge < -0.3 is 16.4 Å². The number of nitrogen functional groups attached to an aromatic ring is 1. The van der Waals surface area contributed by atoms with Gasteiger partial charge in [-0.1, -0.05) is 0 Å². The highest BCUT2D eigenvalue weighted by Crippen LogP contribution is 2.18. The van der Waals surface area contributed by atoms with Crippen LogP contribution in [0, 0.1) is 0 Å². The zero-order valence-corrected chi connectivity index (χ0v) is 9.67. The Balaban J connectivity index is 0.000000980. The smallest absolute Gasteiger partial charge is 0.277 e. The standard InChI is InChI=1S/C7H11N5O.2ClH/c1-3-2-9-5-4(10-3)6(13)12-7(8)11-5;;/h3,10H,2H2,1H3,(H4,8,9,11,12,13);2*1H. The van der Waals surface area contributed by atoms with Crippen LogP contribution < -0.4 is 21.9 Å². The van der Waals surface area contributed by atoms with E-state index in [2.05, 4.69) is 20.6 Å². The maximum Gasteiger partial charge on any atom is 0.277 e. The molecule has 0 fully saturated rings. The molecule has 15 heavy (non-hydrogen) atoms. The maximum atomic E-state index is 11.4. The Morgan fingerprint density at radius 1 is 1.47 bits per heavy atom. The molecule has 2 heterocycles. The lowest BCUT2D eigenvalue weighted by molar-refractivity contribution is 0.803. The summed E-state index contributed by atoms with van der Waals surface area (Å²) in [6, 6.07) is 0.221. The molecule has 1 aromatic rings. The number of anilines is 3. The number of fused-ring (bicyclic) bond motifs is 1. The van der Waals surface area contributed by atoms with Gasteiger partial charge in [-0.2, -0.15) is 4.98 Å². The van der Waals surface area contributed by atoms with Crippen LogP contribution in [0.25, 0.3) is 0 Å². The molecule has 86 valence electrons. The third-order valence-electron chi connectivity index (χ3n) is 1.90. The first-order valence-electron chi connectivity index (χ1n) is 4.07. The molecule has 1 aliphatic rings. The number of rotatable bonds is 0. The van der Waals surface area contributed by atoms with Crippen LogP contribution in [0.3, 0.4) is 0 Å². The molecule has 1 unspecified atom stereocenters. The Kier molecular flexibility index (Phi) is 4.70. The van der Waals surface area contributed by atoms with Gasteiger partial charge in [-0.3, -0.25) is 9.78 Å². The van der Waals surface area contributed by atoms with E-state index in [0.29, 0.717) is 11.5 Å². The van der Waals surface area contributed by atoms with E-state index in [-0.39, 0.29) is 42.4 Å². The van der Waals surface area contributed by atoms with Crippen molar-refractivity contribution in [2.24, 2.45) is 0 Å². The first-order chi connectivity index (χ1) is 6.16. The Bertz CT molecular complexity index is 393. The Hall–Kier alpha value is -1.14. The fourth-order valence-electron chi connectivity index (χ4n) is 1.30. The van der Waals surface area contributed by atoms with Crippen molar-refractivity contribution in [3.8, 4) is 0 Å². The van der Waals surface area contributed by atoms with E-state index in [0.717, 1.165) is 6.54 Å². The molecule has 0 amide bonds. The average molecular weight is 254 g/mol. The number of nitrogens with two attached hydrogens (primary N) is 1. The zero-order valence-electron chi connectivity index (χ0n) is 8.03. The molecule has 1 aliphatic heterocycles. The Labute approximate surface area is 98.9 Å². The molecule has 0 saturated heterocycles. The summed E-state index contributed by atoms with van der Waals surface area (Å²) in [5.74, 6) is 0.659. The lowest BCUT2D eigenvalue weighted by Gasteiger charge is -2.23. The summed E-state index contributed by atoms with van der Waals surface area (Å²) < 4.78 is 0. The van der Waals surface area contributed by atoms with Gasteiger partial charge in [0.15, 0.2) is 5.82 Å². The number of aromatic amines is 1. The van der Waals surface area contributed by atoms with Crippen molar-refractivity contribution >= 4 is 42.3 Å². The highest BCUT2D eigenvalue weighted by molar-refractivity contribution is 5.85. The number of hydrogen-bond donors (Lipinski definition) is 4. The van der Waals surface area contributed by atoms with Gasteiger partial charge in [0.25, 0.3) is 5.56 Å². The third-order valence-corrected chi connectivity index (χ3v) is 1.90. The number of nitrogens with zero attached hydrogens (tertiary/aromatic N) is 1. The molecule has 0 spiro atoms. The first kappa shape index (κ1) is 13.9. The van der Waals surface area contributed by atoms with Crippen LogP contribution in [0.2, 0.25) is 0 Å². The predicted molar refractivity (Wildman–Crippen MR) is 65.3 cm³/mol. The van der Waals surface area contributed by atoms with Crippen LogP contribution in [0.4, 0.5) is 17.5 Å². The van der Waals surface area contributed by atoms with Crippen LogP contribution in [-0.4, -0.2) is 22.6 Å². The minimum Gasteiger partial charge on any atom is -0.373 e. The minimum atomic E-state index is -0.235. The first-order valence-corrected chi connectivity index (χ1v) is 4.07. The van der Waals surface area contributed by atoms with Crippen LogP contribution in [0.1, 0.15) is 6.92 Å².